The first-order valence-corrected chi connectivity index (χ1v) is 14.8. The first-order valence-electron chi connectivity index (χ1n) is 13.3. The van der Waals surface area contributed by atoms with Crippen molar-refractivity contribution in [1.29, 1.82) is 0 Å². The summed E-state index contributed by atoms with van der Waals surface area (Å²) in [6.45, 7) is 8.17. The molecule has 0 unspecified atom stereocenters. The van der Waals surface area contributed by atoms with Gasteiger partial charge < -0.3 is 30.4 Å². The van der Waals surface area contributed by atoms with Gasteiger partial charge in [0.25, 0.3) is 15.9 Å². The van der Waals surface area contributed by atoms with Crippen LogP contribution in [0.2, 0.25) is 0 Å². The Hall–Kier alpha value is -3.89. The Morgan fingerprint density at radius 3 is 2.09 bits per heavy atom. The fourth-order valence-electron chi connectivity index (χ4n) is 3.96. The topological polar surface area (TPSA) is 151 Å². The number of alkyl halides is 3. The molecular weight excluding hydrogens is 593 g/mol. The van der Waals surface area contributed by atoms with E-state index >= 15 is 0 Å². The number of sulfonamides is 1. The average Bonchev–Trinajstić information content (AvgIpc) is 2.93. The van der Waals surface area contributed by atoms with Gasteiger partial charge in [0.15, 0.2) is 0 Å². The Morgan fingerprint density at radius 1 is 1.02 bits per heavy atom. The lowest BCUT2D eigenvalue weighted by Gasteiger charge is -2.31. The van der Waals surface area contributed by atoms with Gasteiger partial charge in [-0.15, -0.1) is 0 Å². The van der Waals surface area contributed by atoms with Crippen LogP contribution < -0.4 is 20.3 Å². The molecule has 2 amide bonds. The van der Waals surface area contributed by atoms with Crippen LogP contribution in [-0.4, -0.2) is 107 Å². The predicted octanol–water partition coefficient (Wildman–Crippen LogP) is 2.51. The van der Waals surface area contributed by atoms with Crippen LogP contribution in [0.15, 0.2) is 47.4 Å². The monoisotopic (exact) mass is 630 g/mol. The van der Waals surface area contributed by atoms with Gasteiger partial charge in [-0.3, -0.25) is 14.3 Å². The molecular formula is C27H37F3N6O6S. The highest BCUT2D eigenvalue weighted by atomic mass is 32.2. The minimum atomic E-state index is -5.08. The van der Waals surface area contributed by atoms with E-state index in [1.165, 1.54) is 31.2 Å². The lowest BCUT2D eigenvalue weighted by atomic mass is 10.1. The Morgan fingerprint density at radius 2 is 1.60 bits per heavy atom. The molecule has 0 spiro atoms. The second-order valence-electron chi connectivity index (χ2n) is 9.77. The maximum Gasteiger partial charge on any atom is 0.490 e. The summed E-state index contributed by atoms with van der Waals surface area (Å²) in [6.07, 6.45) is -5.08. The quantitative estimate of drug-likeness (QED) is 0.311. The highest BCUT2D eigenvalue weighted by Gasteiger charge is 2.38. The van der Waals surface area contributed by atoms with Crippen LogP contribution in [0.4, 0.5) is 30.2 Å². The van der Waals surface area contributed by atoms with Crippen molar-refractivity contribution in [2.75, 3.05) is 74.8 Å². The first-order chi connectivity index (χ1) is 20.0. The van der Waals surface area contributed by atoms with Gasteiger partial charge in [-0.25, -0.2) is 13.2 Å². The van der Waals surface area contributed by atoms with Crippen molar-refractivity contribution in [2.24, 2.45) is 0 Å². The van der Waals surface area contributed by atoms with E-state index in [1.54, 1.807) is 17.0 Å². The van der Waals surface area contributed by atoms with Crippen molar-refractivity contribution in [3.05, 3.63) is 48.0 Å². The summed E-state index contributed by atoms with van der Waals surface area (Å²) < 4.78 is 61.0. The summed E-state index contributed by atoms with van der Waals surface area (Å²) in [7, 11) is -0.0369. The van der Waals surface area contributed by atoms with Crippen LogP contribution in [0.25, 0.3) is 0 Å². The molecule has 2 aromatic rings. The summed E-state index contributed by atoms with van der Waals surface area (Å²) in [5.74, 6) is -3.14. The number of carboxylic acid groups (broad SMARTS) is 1. The van der Waals surface area contributed by atoms with Crippen LogP contribution in [0.5, 0.6) is 0 Å². The molecule has 12 nitrogen and oxygen atoms in total. The molecule has 2 aromatic carbocycles. The number of halogens is 3. The zero-order valence-electron chi connectivity index (χ0n) is 24.4. The number of hydrogen-bond acceptors (Lipinski definition) is 8. The summed E-state index contributed by atoms with van der Waals surface area (Å²) >= 11 is 0. The number of nitrogens with zero attached hydrogens (tertiary/aromatic N) is 3. The molecule has 238 valence electrons. The second-order valence-corrected chi connectivity index (χ2v) is 11.5. The number of carbonyl (C=O) groups is 3. The van der Waals surface area contributed by atoms with Gasteiger partial charge in [0, 0.05) is 64.0 Å². The van der Waals surface area contributed by atoms with Crippen molar-refractivity contribution in [2.45, 2.75) is 24.9 Å². The number of hydrogen-bond donors (Lipinski definition) is 4. The third-order valence-corrected chi connectivity index (χ3v) is 7.54. The number of rotatable bonds is 10. The van der Waals surface area contributed by atoms with Gasteiger partial charge in [0.05, 0.1) is 16.3 Å². The molecule has 1 aliphatic rings. The van der Waals surface area contributed by atoms with Crippen LogP contribution in [-0.2, 0) is 19.6 Å². The average molecular weight is 631 g/mol. The van der Waals surface area contributed by atoms with Crippen molar-refractivity contribution >= 4 is 44.9 Å². The maximum atomic E-state index is 13.3. The highest BCUT2D eigenvalue weighted by Crippen LogP contribution is 2.31. The fraction of sp³-hybridized carbons (Fsp3) is 0.444. The van der Waals surface area contributed by atoms with Crippen molar-refractivity contribution < 1.29 is 41.1 Å². The minimum Gasteiger partial charge on any atom is -0.475 e. The number of benzene rings is 2. The van der Waals surface area contributed by atoms with Crippen molar-refractivity contribution in [3.8, 4) is 0 Å². The lowest BCUT2D eigenvalue weighted by molar-refractivity contribution is -0.192. The third kappa shape index (κ3) is 11.0. The summed E-state index contributed by atoms with van der Waals surface area (Å²) in [6, 6.07) is 11.2. The number of piperazine rings is 1. The summed E-state index contributed by atoms with van der Waals surface area (Å²) in [5.41, 5.74) is 2.02. The van der Waals surface area contributed by atoms with Gasteiger partial charge in [0.2, 0.25) is 5.91 Å². The molecule has 0 aliphatic carbocycles. The number of carbonyl (C=O) groups excluding carboxylic acids is 2. The van der Waals surface area contributed by atoms with Gasteiger partial charge in [0.1, 0.15) is 0 Å². The standard InChI is InChI=1S/C25H36N6O4S.C2HF3O2/c1-5-30(17-16-29(3)4)25(33)20-6-11-24(31-14-12-26-13-15-31)23(18-20)28-36(34,35)22-9-7-21(8-10-22)27-19(2)32;3-2(4,5)1(6)7/h6-11,18,26,28H,5,12-17H2,1-4H3,(H,27,32);(H,6,7). The van der Waals surface area contributed by atoms with E-state index in [0.717, 1.165) is 38.4 Å². The van der Waals surface area contributed by atoms with E-state index in [9.17, 15) is 31.2 Å². The van der Waals surface area contributed by atoms with E-state index in [-0.39, 0.29) is 16.7 Å². The third-order valence-electron chi connectivity index (χ3n) is 6.16. The van der Waals surface area contributed by atoms with Gasteiger partial charge in [-0.1, -0.05) is 0 Å². The number of amides is 2. The van der Waals surface area contributed by atoms with Crippen molar-refractivity contribution in [1.82, 2.24) is 15.1 Å². The number of likely N-dealkylation sites (N-methyl/N-ethyl adjacent to an activating group) is 2. The Labute approximate surface area is 248 Å². The summed E-state index contributed by atoms with van der Waals surface area (Å²) in [5, 5.41) is 13.0. The van der Waals surface area contributed by atoms with E-state index in [4.69, 9.17) is 9.90 Å². The maximum absolute atomic E-state index is 13.3. The molecule has 16 heteroatoms. The van der Waals surface area contributed by atoms with E-state index < -0.39 is 22.2 Å². The van der Waals surface area contributed by atoms with Crippen LogP contribution >= 0.6 is 0 Å². The normalized spacial score (nSPS) is 13.5. The molecule has 1 aliphatic heterocycles. The molecule has 4 N–H and O–H groups in total. The molecule has 1 heterocycles. The minimum absolute atomic E-state index is 0.0563. The number of carboxylic acids is 1. The molecule has 0 saturated carbocycles. The largest absolute Gasteiger partial charge is 0.490 e. The zero-order chi connectivity index (χ0) is 32.4. The van der Waals surface area contributed by atoms with E-state index in [0.29, 0.717) is 30.0 Å². The predicted molar refractivity (Wildman–Crippen MR) is 157 cm³/mol. The van der Waals surface area contributed by atoms with E-state index in [2.05, 4.69) is 20.3 Å². The van der Waals surface area contributed by atoms with Gasteiger partial charge in [-0.05, 0) is 63.5 Å². The number of anilines is 3. The molecule has 43 heavy (non-hydrogen) atoms. The molecule has 0 atom stereocenters. The number of nitrogens with one attached hydrogen (secondary N) is 3. The first kappa shape index (κ1) is 35.3. The van der Waals surface area contributed by atoms with Crippen molar-refractivity contribution in [3.63, 3.8) is 0 Å². The molecule has 0 bridgehead atoms. The van der Waals surface area contributed by atoms with Crippen LogP contribution in [0, 0.1) is 0 Å². The lowest BCUT2D eigenvalue weighted by Crippen LogP contribution is -2.44. The molecule has 1 fully saturated rings. The molecule has 3 rings (SSSR count). The zero-order valence-corrected chi connectivity index (χ0v) is 25.2. The molecule has 0 aromatic heterocycles. The SMILES string of the molecule is CCN(CCN(C)C)C(=O)c1ccc(N2CCNCC2)c(NS(=O)(=O)c2ccc(NC(C)=O)cc2)c1.O=C(O)C(F)(F)F. The summed E-state index contributed by atoms with van der Waals surface area (Å²) in [4.78, 5) is 39.4. The van der Waals surface area contributed by atoms with Gasteiger partial charge >= 0.3 is 12.1 Å². The molecule has 1 saturated heterocycles. The Kier molecular flexibility index (Phi) is 12.8. The molecule has 0 radical (unpaired) electrons. The van der Waals surface area contributed by atoms with Crippen LogP contribution in [0.1, 0.15) is 24.2 Å². The Balaban J connectivity index is 0.000000821. The van der Waals surface area contributed by atoms with E-state index in [1.807, 2.05) is 32.0 Å². The smallest absolute Gasteiger partial charge is 0.475 e. The fourth-order valence-corrected chi connectivity index (χ4v) is 5.03. The Bertz CT molecular complexity index is 1360. The number of aliphatic carboxylic acids is 1. The van der Waals surface area contributed by atoms with Gasteiger partial charge in [-0.2, -0.15) is 13.2 Å². The second kappa shape index (κ2) is 15.5. The van der Waals surface area contributed by atoms with Crippen LogP contribution in [0.3, 0.4) is 0 Å². The highest BCUT2D eigenvalue weighted by molar-refractivity contribution is 7.92.